The number of carbonyl (C=O) groups is 3. The van der Waals surface area contributed by atoms with Gasteiger partial charge in [-0.3, -0.25) is 9.59 Å². The molecule has 150 valence electrons. The van der Waals surface area contributed by atoms with Crippen LogP contribution < -0.4 is 0 Å². The Morgan fingerprint density at radius 2 is 1.69 bits per heavy atom. The molecule has 29 heavy (non-hydrogen) atoms. The van der Waals surface area contributed by atoms with Crippen molar-refractivity contribution in [2.75, 3.05) is 7.11 Å². The highest BCUT2D eigenvalue weighted by atomic mass is 16.5. The second-order valence-electron chi connectivity index (χ2n) is 7.61. The van der Waals surface area contributed by atoms with Crippen molar-refractivity contribution in [3.63, 3.8) is 0 Å². The van der Waals surface area contributed by atoms with Gasteiger partial charge in [-0.1, -0.05) is 43.2 Å². The number of benzene rings is 2. The van der Waals surface area contributed by atoms with E-state index >= 15 is 0 Å². The van der Waals surface area contributed by atoms with Crippen molar-refractivity contribution in [2.24, 2.45) is 0 Å². The van der Waals surface area contributed by atoms with E-state index in [2.05, 4.69) is 0 Å². The molecule has 1 fully saturated rings. The van der Waals surface area contributed by atoms with E-state index in [9.17, 15) is 19.5 Å². The molecule has 0 radical (unpaired) electrons. The molecule has 0 bridgehead atoms. The molecule has 0 aromatic heterocycles. The molecule has 0 spiro atoms. The third-order valence-corrected chi connectivity index (χ3v) is 6.03. The minimum Gasteiger partial charge on any atom is -0.481 e. The van der Waals surface area contributed by atoms with Crippen molar-refractivity contribution in [1.82, 2.24) is 4.90 Å². The number of carbonyl (C=O) groups excluding carboxylic acids is 2. The molecule has 0 saturated heterocycles. The molecular formula is C23H23NO5. The largest absolute Gasteiger partial charge is 0.481 e. The predicted molar refractivity (Wildman–Crippen MR) is 106 cm³/mol. The van der Waals surface area contributed by atoms with Crippen molar-refractivity contribution in [3.8, 4) is 0 Å². The zero-order chi connectivity index (χ0) is 20.5. The Balaban J connectivity index is 1.85. The molecule has 2 aliphatic rings. The lowest BCUT2D eigenvalue weighted by Crippen LogP contribution is -2.49. The van der Waals surface area contributed by atoms with E-state index in [-0.39, 0.29) is 11.9 Å². The second-order valence-corrected chi connectivity index (χ2v) is 7.61. The summed E-state index contributed by atoms with van der Waals surface area (Å²) in [6.45, 7) is 0. The van der Waals surface area contributed by atoms with Gasteiger partial charge in [0.05, 0.1) is 18.7 Å². The van der Waals surface area contributed by atoms with E-state index in [0.29, 0.717) is 22.3 Å². The van der Waals surface area contributed by atoms with E-state index < -0.39 is 23.9 Å². The molecule has 1 saturated carbocycles. The summed E-state index contributed by atoms with van der Waals surface area (Å²) < 4.78 is 4.75. The summed E-state index contributed by atoms with van der Waals surface area (Å²) in [6, 6.07) is 13.1. The average Bonchev–Trinajstić information content (AvgIpc) is 3.27. The molecule has 4 rings (SSSR count). The Hall–Kier alpha value is -3.15. The summed E-state index contributed by atoms with van der Waals surface area (Å²) in [5.74, 6) is -2.40. The van der Waals surface area contributed by atoms with Crippen LogP contribution >= 0.6 is 0 Å². The van der Waals surface area contributed by atoms with Crippen molar-refractivity contribution in [1.29, 1.82) is 0 Å². The van der Waals surface area contributed by atoms with Crippen LogP contribution in [0.2, 0.25) is 0 Å². The zero-order valence-electron chi connectivity index (χ0n) is 16.2. The first-order valence-electron chi connectivity index (χ1n) is 9.85. The first-order chi connectivity index (χ1) is 14.0. The van der Waals surface area contributed by atoms with Gasteiger partial charge in [-0.15, -0.1) is 0 Å². The molecule has 2 aromatic carbocycles. The van der Waals surface area contributed by atoms with Crippen molar-refractivity contribution in [2.45, 2.75) is 43.7 Å². The van der Waals surface area contributed by atoms with Crippen molar-refractivity contribution in [3.05, 3.63) is 70.8 Å². The normalized spacial score (nSPS) is 21.7. The van der Waals surface area contributed by atoms with Gasteiger partial charge in [0.25, 0.3) is 5.91 Å². The maximum atomic E-state index is 13.4. The highest BCUT2D eigenvalue weighted by Gasteiger charge is 2.47. The maximum absolute atomic E-state index is 13.4. The highest BCUT2D eigenvalue weighted by Crippen LogP contribution is 2.46. The Morgan fingerprint density at radius 1 is 1.03 bits per heavy atom. The zero-order valence-corrected chi connectivity index (χ0v) is 16.2. The molecule has 6 heteroatoms. The van der Waals surface area contributed by atoms with Gasteiger partial charge in [-0.2, -0.15) is 0 Å². The van der Waals surface area contributed by atoms with Gasteiger partial charge >= 0.3 is 11.9 Å². The third-order valence-electron chi connectivity index (χ3n) is 6.03. The molecule has 1 heterocycles. The first kappa shape index (κ1) is 19.2. The Morgan fingerprint density at radius 3 is 2.31 bits per heavy atom. The summed E-state index contributed by atoms with van der Waals surface area (Å²) in [7, 11) is 1.31. The lowest BCUT2D eigenvalue weighted by atomic mass is 9.78. The smallest absolute Gasteiger partial charge is 0.337 e. The van der Waals surface area contributed by atoms with Crippen LogP contribution in [0.5, 0.6) is 0 Å². The van der Waals surface area contributed by atoms with Crippen LogP contribution in [0.15, 0.2) is 48.5 Å². The number of nitrogens with zero attached hydrogens (tertiary/aromatic N) is 1. The van der Waals surface area contributed by atoms with Crippen LogP contribution in [0.4, 0.5) is 0 Å². The molecule has 6 nitrogen and oxygen atoms in total. The number of methoxy groups -OCH3 is 1. The van der Waals surface area contributed by atoms with Crippen molar-refractivity contribution < 1.29 is 24.2 Å². The van der Waals surface area contributed by atoms with E-state index in [1.54, 1.807) is 53.4 Å². The first-order valence-corrected chi connectivity index (χ1v) is 9.85. The number of fused-ring (bicyclic) bond motifs is 1. The van der Waals surface area contributed by atoms with Crippen LogP contribution in [-0.4, -0.2) is 41.0 Å². The van der Waals surface area contributed by atoms with Crippen LogP contribution in [0.3, 0.4) is 0 Å². The van der Waals surface area contributed by atoms with Crippen LogP contribution in [0, 0.1) is 0 Å². The summed E-state index contributed by atoms with van der Waals surface area (Å²) >= 11 is 0. The number of esters is 1. The predicted octanol–water partition coefficient (Wildman–Crippen LogP) is 3.78. The van der Waals surface area contributed by atoms with Gasteiger partial charge in [0.15, 0.2) is 0 Å². The number of amides is 1. The number of hydrogen-bond donors (Lipinski definition) is 1. The van der Waals surface area contributed by atoms with Gasteiger partial charge in [-0.05, 0) is 42.2 Å². The summed E-state index contributed by atoms with van der Waals surface area (Å²) in [4.78, 5) is 39.4. The van der Waals surface area contributed by atoms with E-state index in [1.807, 2.05) is 0 Å². The fourth-order valence-electron chi connectivity index (χ4n) is 4.69. The van der Waals surface area contributed by atoms with E-state index in [1.165, 1.54) is 7.11 Å². The fourth-order valence-corrected chi connectivity index (χ4v) is 4.69. The van der Waals surface area contributed by atoms with Gasteiger partial charge in [0, 0.05) is 11.6 Å². The molecule has 2 atom stereocenters. The number of carboxylic acids is 1. The quantitative estimate of drug-likeness (QED) is 0.799. The maximum Gasteiger partial charge on any atom is 0.337 e. The lowest BCUT2D eigenvalue weighted by molar-refractivity contribution is -0.140. The lowest BCUT2D eigenvalue weighted by Gasteiger charge is -2.44. The van der Waals surface area contributed by atoms with E-state index in [0.717, 1.165) is 25.7 Å². The number of rotatable bonds is 4. The SMILES string of the molecule is COC(=O)c1ccc(C2C(C(=O)O)c3ccccc3C(=O)N2C2CCCC2)cc1. The number of ether oxygens (including phenoxy) is 1. The van der Waals surface area contributed by atoms with Gasteiger partial charge in [0.1, 0.15) is 5.92 Å². The Kier molecular flexibility index (Phi) is 5.09. The molecule has 2 unspecified atom stereocenters. The number of hydrogen-bond acceptors (Lipinski definition) is 4. The van der Waals surface area contributed by atoms with E-state index in [4.69, 9.17) is 4.74 Å². The van der Waals surface area contributed by atoms with Gasteiger partial charge in [0.2, 0.25) is 0 Å². The van der Waals surface area contributed by atoms with Crippen LogP contribution in [0.25, 0.3) is 0 Å². The number of carboxylic acid groups (broad SMARTS) is 1. The summed E-state index contributed by atoms with van der Waals surface area (Å²) in [5, 5.41) is 10.1. The Bertz CT molecular complexity index is 946. The molecule has 1 aliphatic carbocycles. The van der Waals surface area contributed by atoms with Gasteiger partial charge < -0.3 is 14.7 Å². The monoisotopic (exact) mass is 393 g/mol. The highest BCUT2D eigenvalue weighted by molar-refractivity contribution is 6.00. The topological polar surface area (TPSA) is 83.9 Å². The van der Waals surface area contributed by atoms with Crippen LogP contribution in [0.1, 0.15) is 69.5 Å². The van der Waals surface area contributed by atoms with Crippen LogP contribution in [-0.2, 0) is 9.53 Å². The minimum absolute atomic E-state index is 0.0167. The van der Waals surface area contributed by atoms with Crippen molar-refractivity contribution >= 4 is 17.8 Å². The standard InChI is InChI=1S/C23H23NO5/c1-29-23(28)15-12-10-14(11-13-15)20-19(22(26)27)17-8-4-5-9-18(17)21(25)24(20)16-6-2-3-7-16/h4-5,8-13,16,19-20H,2-3,6-7H2,1H3,(H,26,27). The molecule has 1 N–H and O–H groups in total. The summed E-state index contributed by atoms with van der Waals surface area (Å²) in [5.41, 5.74) is 2.11. The molecular weight excluding hydrogens is 370 g/mol. The Labute approximate surface area is 169 Å². The third kappa shape index (κ3) is 3.28. The van der Waals surface area contributed by atoms with Gasteiger partial charge in [-0.25, -0.2) is 4.79 Å². The summed E-state index contributed by atoms with van der Waals surface area (Å²) in [6.07, 6.45) is 3.80. The average molecular weight is 393 g/mol. The second kappa shape index (κ2) is 7.70. The minimum atomic E-state index is -0.963. The molecule has 1 amide bonds. The fraction of sp³-hybridized carbons (Fsp3) is 0.348. The number of aliphatic carboxylic acids is 1. The molecule has 1 aliphatic heterocycles. The molecule has 2 aromatic rings.